The first kappa shape index (κ1) is 31.8. The zero-order valence-corrected chi connectivity index (χ0v) is 26.3. The molecule has 4 aromatic rings. The van der Waals surface area contributed by atoms with Gasteiger partial charge in [-0.15, -0.1) is 10.2 Å². The molecule has 43 heavy (non-hydrogen) atoms. The highest BCUT2D eigenvalue weighted by Crippen LogP contribution is 2.33. The average Bonchev–Trinajstić information content (AvgIpc) is 3.52. The zero-order chi connectivity index (χ0) is 31.0. The first-order chi connectivity index (χ1) is 20.6. The van der Waals surface area contributed by atoms with Crippen molar-refractivity contribution in [3.05, 3.63) is 83.4 Å². The minimum absolute atomic E-state index is 0.0616. The van der Waals surface area contributed by atoms with Crippen molar-refractivity contribution in [2.45, 2.75) is 72.3 Å². The lowest BCUT2D eigenvalue weighted by molar-refractivity contribution is 0.255. The number of para-hydroxylation sites is 1. The van der Waals surface area contributed by atoms with Crippen molar-refractivity contribution in [1.82, 2.24) is 29.7 Å². The molecule has 4 rings (SSSR count). The highest BCUT2D eigenvalue weighted by Gasteiger charge is 2.26. The third kappa shape index (κ3) is 8.05. The van der Waals surface area contributed by atoms with Crippen LogP contribution in [0, 0.1) is 0 Å². The summed E-state index contributed by atoms with van der Waals surface area (Å²) in [4.78, 5) is 13.2. The average molecular weight is 604 g/mol. The van der Waals surface area contributed by atoms with E-state index in [1.165, 1.54) is 4.31 Å². The van der Waals surface area contributed by atoms with Gasteiger partial charge in [-0.1, -0.05) is 108 Å². The smallest absolute Gasteiger partial charge is 0.307 e. The summed E-state index contributed by atoms with van der Waals surface area (Å²) >= 11 is 0. The van der Waals surface area contributed by atoms with Crippen LogP contribution in [0.25, 0.3) is 22.5 Å². The third-order valence-electron chi connectivity index (χ3n) is 7.30. The molecule has 0 saturated carbocycles. The number of aromatic amines is 1. The van der Waals surface area contributed by atoms with Gasteiger partial charge in [-0.05, 0) is 57.4 Å². The normalized spacial score (nSPS) is 11.8. The van der Waals surface area contributed by atoms with Gasteiger partial charge >= 0.3 is 16.2 Å². The van der Waals surface area contributed by atoms with Crippen molar-refractivity contribution in [2.24, 2.45) is 0 Å². The number of hydrogen-bond donors (Lipinski definition) is 3. The highest BCUT2D eigenvalue weighted by atomic mass is 32.2. The molecule has 0 unspecified atom stereocenters. The standard InChI is InChI=1S/C32H41N7O3S/c1-6-7-11-19-39(43(41,42)36-32(40)33-30-26(22(2)3)15-12-16-27(30)23(4)5)21-24-17-18-28(25-13-9-8-10-14-25)29(20-24)31-34-37-38-35-31/h8-10,12-18,20,22-23H,6-7,11,19,21H2,1-5H3,(H2,33,36,40)(H,34,35,37,38). The minimum Gasteiger partial charge on any atom is -0.307 e. The molecule has 0 aliphatic heterocycles. The van der Waals surface area contributed by atoms with Crippen molar-refractivity contribution in [3.8, 4) is 22.5 Å². The molecule has 0 fully saturated rings. The number of anilines is 1. The maximum absolute atomic E-state index is 13.7. The summed E-state index contributed by atoms with van der Waals surface area (Å²) in [6, 6.07) is 20.6. The fourth-order valence-corrected chi connectivity index (χ4v) is 6.17. The number of unbranched alkanes of at least 4 members (excludes halogenated alkanes) is 2. The van der Waals surface area contributed by atoms with E-state index in [1.807, 2.05) is 94.4 Å². The number of H-pyrrole nitrogens is 1. The van der Waals surface area contributed by atoms with Gasteiger partial charge in [0, 0.05) is 24.3 Å². The zero-order valence-electron chi connectivity index (χ0n) is 25.5. The first-order valence-electron chi connectivity index (χ1n) is 14.7. The van der Waals surface area contributed by atoms with E-state index >= 15 is 0 Å². The molecule has 2 amide bonds. The Labute approximate surface area is 254 Å². The van der Waals surface area contributed by atoms with Crippen LogP contribution in [0.3, 0.4) is 0 Å². The molecule has 0 saturated heterocycles. The second-order valence-corrected chi connectivity index (χ2v) is 12.9. The highest BCUT2D eigenvalue weighted by molar-refractivity contribution is 7.87. The van der Waals surface area contributed by atoms with Gasteiger partial charge in [0.25, 0.3) is 0 Å². The van der Waals surface area contributed by atoms with Gasteiger partial charge in [0.1, 0.15) is 0 Å². The molecule has 0 bridgehead atoms. The predicted octanol–water partition coefficient (Wildman–Crippen LogP) is 6.84. The van der Waals surface area contributed by atoms with Crippen LogP contribution in [0.15, 0.2) is 66.7 Å². The molecule has 0 aliphatic carbocycles. The van der Waals surface area contributed by atoms with Gasteiger partial charge in [0.05, 0.1) is 0 Å². The Balaban J connectivity index is 1.62. The van der Waals surface area contributed by atoms with Gasteiger partial charge in [-0.25, -0.2) is 9.52 Å². The third-order valence-corrected chi connectivity index (χ3v) is 8.73. The number of carbonyl (C=O) groups is 1. The second kappa shape index (κ2) is 14.4. The number of urea groups is 1. The van der Waals surface area contributed by atoms with E-state index in [-0.39, 0.29) is 24.9 Å². The van der Waals surface area contributed by atoms with Crippen LogP contribution in [-0.2, 0) is 16.8 Å². The summed E-state index contributed by atoms with van der Waals surface area (Å²) in [5.74, 6) is 0.690. The lowest BCUT2D eigenvalue weighted by atomic mass is 9.93. The Morgan fingerprint density at radius 3 is 2.21 bits per heavy atom. The molecule has 0 aliphatic rings. The number of carbonyl (C=O) groups excluding carboxylic acids is 1. The molecule has 0 spiro atoms. The summed E-state index contributed by atoms with van der Waals surface area (Å²) < 4.78 is 31.0. The first-order valence-corrected chi connectivity index (χ1v) is 16.2. The Morgan fingerprint density at radius 1 is 0.907 bits per heavy atom. The van der Waals surface area contributed by atoms with Crippen molar-refractivity contribution in [2.75, 3.05) is 11.9 Å². The van der Waals surface area contributed by atoms with E-state index in [9.17, 15) is 13.2 Å². The summed E-state index contributed by atoms with van der Waals surface area (Å²) in [5, 5.41) is 17.4. The molecule has 228 valence electrons. The Hall–Kier alpha value is -4.09. The molecule has 3 N–H and O–H groups in total. The van der Waals surface area contributed by atoms with Gasteiger partial charge < -0.3 is 5.32 Å². The van der Waals surface area contributed by atoms with Gasteiger partial charge in [0.15, 0.2) is 0 Å². The van der Waals surface area contributed by atoms with Crippen molar-refractivity contribution >= 4 is 21.9 Å². The van der Waals surface area contributed by atoms with Gasteiger partial charge in [-0.2, -0.15) is 17.9 Å². The summed E-state index contributed by atoms with van der Waals surface area (Å²) in [7, 11) is -4.19. The molecule has 0 radical (unpaired) electrons. The number of amides is 2. The van der Waals surface area contributed by atoms with Crippen molar-refractivity contribution in [3.63, 3.8) is 0 Å². The number of aromatic nitrogens is 4. The summed E-state index contributed by atoms with van der Waals surface area (Å²) in [6.07, 6.45) is 2.45. The van der Waals surface area contributed by atoms with E-state index in [0.29, 0.717) is 17.9 Å². The van der Waals surface area contributed by atoms with E-state index < -0.39 is 16.2 Å². The van der Waals surface area contributed by atoms with Crippen LogP contribution >= 0.6 is 0 Å². The van der Waals surface area contributed by atoms with Crippen LogP contribution < -0.4 is 10.0 Å². The molecule has 0 atom stereocenters. The van der Waals surface area contributed by atoms with E-state index in [1.54, 1.807) is 0 Å². The number of rotatable bonds is 13. The van der Waals surface area contributed by atoms with Crippen LogP contribution in [0.5, 0.6) is 0 Å². The van der Waals surface area contributed by atoms with Crippen molar-refractivity contribution < 1.29 is 13.2 Å². The molecule has 10 nitrogen and oxygen atoms in total. The molecular formula is C32H41N7O3S. The number of nitrogens with zero attached hydrogens (tertiary/aromatic N) is 4. The van der Waals surface area contributed by atoms with E-state index in [2.05, 4.69) is 37.6 Å². The van der Waals surface area contributed by atoms with Crippen LogP contribution in [-0.4, -0.2) is 45.9 Å². The summed E-state index contributed by atoms with van der Waals surface area (Å²) in [5.41, 5.74) is 5.88. The summed E-state index contributed by atoms with van der Waals surface area (Å²) in [6.45, 7) is 10.5. The lowest BCUT2D eigenvalue weighted by Gasteiger charge is -2.24. The van der Waals surface area contributed by atoms with Crippen molar-refractivity contribution in [1.29, 1.82) is 0 Å². The van der Waals surface area contributed by atoms with Crippen LogP contribution in [0.1, 0.15) is 82.4 Å². The van der Waals surface area contributed by atoms with Crippen LogP contribution in [0.2, 0.25) is 0 Å². The maximum Gasteiger partial charge on any atom is 0.333 e. The Kier molecular flexibility index (Phi) is 10.7. The number of tetrazole rings is 1. The Bertz CT molecular complexity index is 1580. The topological polar surface area (TPSA) is 133 Å². The molecule has 3 aromatic carbocycles. The van der Waals surface area contributed by atoms with Crippen LogP contribution in [0.4, 0.5) is 10.5 Å². The van der Waals surface area contributed by atoms with Gasteiger partial charge in [0.2, 0.25) is 5.82 Å². The van der Waals surface area contributed by atoms with E-state index in [0.717, 1.165) is 46.2 Å². The lowest BCUT2D eigenvalue weighted by Crippen LogP contribution is -2.45. The molecular weight excluding hydrogens is 562 g/mol. The molecule has 1 heterocycles. The van der Waals surface area contributed by atoms with E-state index in [4.69, 9.17) is 0 Å². The minimum atomic E-state index is -4.19. The molecule has 1 aromatic heterocycles. The maximum atomic E-state index is 13.7. The number of hydrogen-bond acceptors (Lipinski definition) is 6. The van der Waals surface area contributed by atoms with Gasteiger partial charge in [-0.3, -0.25) is 0 Å². The monoisotopic (exact) mass is 603 g/mol. The molecule has 11 heteroatoms. The quantitative estimate of drug-likeness (QED) is 0.143. The fraction of sp³-hybridized carbons (Fsp3) is 0.375. The predicted molar refractivity (Wildman–Crippen MR) is 171 cm³/mol. The number of nitrogens with one attached hydrogen (secondary N) is 3. The number of benzene rings is 3. The SMILES string of the molecule is CCCCCN(Cc1ccc(-c2ccccc2)c(-c2nn[nH]n2)c1)S(=O)(=O)NC(=O)Nc1c(C(C)C)cccc1C(C)C. The second-order valence-electron chi connectivity index (χ2n) is 11.2. The largest absolute Gasteiger partial charge is 0.333 e. The Morgan fingerprint density at radius 2 is 1.60 bits per heavy atom. The fourth-order valence-electron chi connectivity index (χ4n) is 5.06.